The average molecular weight is 771 g/mol. The molecule has 4 aromatic rings. The van der Waals surface area contributed by atoms with Crippen molar-refractivity contribution in [3.8, 4) is 23.0 Å². The summed E-state index contributed by atoms with van der Waals surface area (Å²) >= 11 is 0. The van der Waals surface area contributed by atoms with Crippen LogP contribution >= 0.6 is 0 Å². The second kappa shape index (κ2) is 16.9. The molecule has 0 unspecified atom stereocenters. The lowest BCUT2D eigenvalue weighted by Gasteiger charge is -2.22. The van der Waals surface area contributed by atoms with Crippen molar-refractivity contribution in [2.24, 2.45) is 0 Å². The first-order valence-corrected chi connectivity index (χ1v) is 17.9. The average Bonchev–Trinajstić information content (AvgIpc) is 3.76. The van der Waals surface area contributed by atoms with Crippen LogP contribution in [0.25, 0.3) is 11.1 Å². The molecule has 0 N–H and O–H groups in total. The van der Waals surface area contributed by atoms with E-state index in [1.165, 1.54) is 55.5 Å². The van der Waals surface area contributed by atoms with Gasteiger partial charge in [0.1, 0.15) is 17.2 Å². The maximum atomic E-state index is 13.7. The maximum absolute atomic E-state index is 13.7. The number of benzene rings is 4. The highest BCUT2D eigenvalue weighted by molar-refractivity contribution is 6.01. The molecule has 0 saturated heterocycles. The van der Waals surface area contributed by atoms with E-state index in [2.05, 4.69) is 0 Å². The standard InChI is InChI=1S/C41H40F2N4O9/c1-25-16-29(27-6-10-32(42)11-7-27)22-44(25)23-31-18-37(53-3)39(20-35(31)46(49)50)55-14-5-15-56-40-21-36(47(51)52)34(19-38(40)54-4)41(48)45-24-30(17-26(45)2)28-8-12-33(43)13-9-28/h6-13,18-22,24-26H,5,14-17,23H2,1-4H3/t25-,26-/m1/s1. The number of nitrogens with zero attached hydrogens (tertiary/aromatic N) is 4. The summed E-state index contributed by atoms with van der Waals surface area (Å²) in [7, 11) is 2.79. The van der Waals surface area contributed by atoms with Crippen LogP contribution in [-0.4, -0.2) is 65.1 Å². The smallest absolute Gasteiger partial charge is 0.286 e. The Balaban J connectivity index is 1.11. The Kier molecular flexibility index (Phi) is 11.8. The quantitative estimate of drug-likeness (QED) is 0.0655. The summed E-state index contributed by atoms with van der Waals surface area (Å²) in [5.41, 5.74) is 3.03. The van der Waals surface area contributed by atoms with Gasteiger partial charge in [-0.05, 0) is 79.3 Å². The van der Waals surface area contributed by atoms with E-state index in [1.807, 2.05) is 24.9 Å². The van der Waals surface area contributed by atoms with Crippen LogP contribution in [0.5, 0.6) is 23.0 Å². The Morgan fingerprint density at radius 3 is 1.75 bits per heavy atom. The van der Waals surface area contributed by atoms with Crippen LogP contribution in [0.1, 0.15) is 60.2 Å². The minimum atomic E-state index is -0.665. The molecule has 0 saturated carbocycles. The second-order valence-corrected chi connectivity index (χ2v) is 13.5. The molecule has 2 atom stereocenters. The van der Waals surface area contributed by atoms with Gasteiger partial charge in [-0.1, -0.05) is 24.3 Å². The second-order valence-electron chi connectivity index (χ2n) is 13.5. The monoisotopic (exact) mass is 770 g/mol. The molecule has 13 nitrogen and oxygen atoms in total. The van der Waals surface area contributed by atoms with E-state index in [4.69, 9.17) is 18.9 Å². The molecule has 15 heteroatoms. The summed E-state index contributed by atoms with van der Waals surface area (Å²) in [6.45, 7) is 4.13. The van der Waals surface area contributed by atoms with Gasteiger partial charge >= 0.3 is 0 Å². The molecular weight excluding hydrogens is 730 g/mol. The van der Waals surface area contributed by atoms with Gasteiger partial charge in [-0.25, -0.2) is 8.78 Å². The molecular formula is C41H40F2N4O9. The topological polar surface area (TPSA) is 147 Å². The molecule has 0 aliphatic carbocycles. The van der Waals surface area contributed by atoms with Gasteiger partial charge in [0.15, 0.2) is 23.0 Å². The molecule has 56 heavy (non-hydrogen) atoms. The van der Waals surface area contributed by atoms with Gasteiger partial charge in [-0.3, -0.25) is 25.0 Å². The van der Waals surface area contributed by atoms with E-state index in [9.17, 15) is 33.8 Å². The molecule has 0 fully saturated rings. The molecule has 292 valence electrons. The number of carbonyl (C=O) groups excluding carboxylic acids is 1. The number of halogens is 2. The predicted octanol–water partition coefficient (Wildman–Crippen LogP) is 8.56. The summed E-state index contributed by atoms with van der Waals surface area (Å²) in [4.78, 5) is 40.3. The Bertz CT molecular complexity index is 2190. The van der Waals surface area contributed by atoms with Crippen LogP contribution in [0.15, 0.2) is 85.2 Å². The predicted molar refractivity (Wildman–Crippen MR) is 204 cm³/mol. The number of hydrogen-bond donors (Lipinski definition) is 0. The Hall–Kier alpha value is -6.51. The number of nitro benzene ring substituents is 2. The lowest BCUT2D eigenvalue weighted by atomic mass is 10.0. The van der Waals surface area contributed by atoms with Crippen molar-refractivity contribution in [2.75, 3.05) is 27.4 Å². The fraction of sp³-hybridized carbons (Fsp3) is 0.293. The van der Waals surface area contributed by atoms with Crippen molar-refractivity contribution in [3.05, 3.63) is 139 Å². The van der Waals surface area contributed by atoms with E-state index in [1.54, 1.807) is 36.5 Å². The molecule has 0 spiro atoms. The first kappa shape index (κ1) is 39.2. The first-order chi connectivity index (χ1) is 26.9. The number of hydrogen-bond acceptors (Lipinski definition) is 10. The third-order valence-electron chi connectivity index (χ3n) is 9.78. The lowest BCUT2D eigenvalue weighted by Crippen LogP contribution is -2.31. The van der Waals surface area contributed by atoms with Crippen molar-refractivity contribution in [1.82, 2.24) is 9.80 Å². The fourth-order valence-electron chi connectivity index (χ4n) is 6.82. The van der Waals surface area contributed by atoms with E-state index < -0.39 is 21.4 Å². The molecule has 2 heterocycles. The van der Waals surface area contributed by atoms with Crippen molar-refractivity contribution in [1.29, 1.82) is 0 Å². The first-order valence-electron chi connectivity index (χ1n) is 17.9. The van der Waals surface area contributed by atoms with E-state index in [-0.39, 0.29) is 78.4 Å². The summed E-state index contributed by atoms with van der Waals surface area (Å²) in [6, 6.07) is 17.1. The normalized spacial score (nSPS) is 16.3. The van der Waals surface area contributed by atoms with Crippen molar-refractivity contribution >= 4 is 28.4 Å². The third-order valence-corrected chi connectivity index (χ3v) is 9.78. The SMILES string of the molecule is COc1cc(CN2C=C(c3ccc(F)cc3)C[C@H]2C)c([N+](=O)[O-])cc1OCCCOc1cc([N+](=O)[O-])c(C(=O)N2C=C(c3ccc(F)cc3)C[C@H]2C)cc1OC. The van der Waals surface area contributed by atoms with E-state index in [0.717, 1.165) is 28.3 Å². The van der Waals surface area contributed by atoms with Gasteiger partial charge in [0.05, 0.1) is 55.0 Å². The zero-order valence-electron chi connectivity index (χ0n) is 31.2. The number of carbonyl (C=O) groups is 1. The number of ether oxygens (including phenoxy) is 4. The van der Waals surface area contributed by atoms with Crippen LogP contribution in [-0.2, 0) is 6.54 Å². The molecule has 2 aliphatic heterocycles. The van der Waals surface area contributed by atoms with E-state index in [0.29, 0.717) is 24.2 Å². The minimum absolute atomic E-state index is 0.0196. The number of amides is 1. The van der Waals surface area contributed by atoms with E-state index >= 15 is 0 Å². The van der Waals surface area contributed by atoms with Crippen LogP contribution < -0.4 is 18.9 Å². The highest BCUT2D eigenvalue weighted by atomic mass is 19.1. The Morgan fingerprint density at radius 2 is 1.21 bits per heavy atom. The fourth-order valence-corrected chi connectivity index (χ4v) is 6.82. The zero-order valence-corrected chi connectivity index (χ0v) is 31.2. The summed E-state index contributed by atoms with van der Waals surface area (Å²) < 4.78 is 49.7. The van der Waals surface area contributed by atoms with Crippen LogP contribution in [0.4, 0.5) is 20.2 Å². The Labute approximate surface area is 321 Å². The number of rotatable bonds is 15. The molecule has 4 aromatic carbocycles. The lowest BCUT2D eigenvalue weighted by molar-refractivity contribution is -0.385. The van der Waals surface area contributed by atoms with Gasteiger partial charge in [0.2, 0.25) is 0 Å². The van der Waals surface area contributed by atoms with Gasteiger partial charge in [-0.15, -0.1) is 0 Å². The molecule has 0 bridgehead atoms. The molecule has 2 aliphatic rings. The largest absolute Gasteiger partial charge is 0.493 e. The Morgan fingerprint density at radius 1 is 0.714 bits per heavy atom. The summed E-state index contributed by atoms with van der Waals surface area (Å²) in [5, 5.41) is 24.3. The van der Waals surface area contributed by atoms with Crippen LogP contribution in [0, 0.1) is 31.9 Å². The highest BCUT2D eigenvalue weighted by Crippen LogP contribution is 2.40. The maximum Gasteiger partial charge on any atom is 0.286 e. The summed E-state index contributed by atoms with van der Waals surface area (Å²) in [6.07, 6.45) is 4.99. The van der Waals surface area contributed by atoms with Gasteiger partial charge < -0.3 is 28.7 Å². The number of methoxy groups -OCH3 is 2. The third kappa shape index (κ3) is 8.56. The molecule has 0 radical (unpaired) electrons. The van der Waals surface area contributed by atoms with Crippen molar-refractivity contribution in [2.45, 2.75) is 51.7 Å². The molecule has 6 rings (SSSR count). The highest BCUT2D eigenvalue weighted by Gasteiger charge is 2.33. The number of nitro groups is 2. The van der Waals surface area contributed by atoms with Gasteiger partial charge in [-0.2, -0.15) is 0 Å². The molecule has 1 amide bonds. The molecule has 0 aromatic heterocycles. The summed E-state index contributed by atoms with van der Waals surface area (Å²) in [5.74, 6) is -0.715. The van der Waals surface area contributed by atoms with Crippen LogP contribution in [0.3, 0.4) is 0 Å². The van der Waals surface area contributed by atoms with Crippen LogP contribution in [0.2, 0.25) is 0 Å². The van der Waals surface area contributed by atoms with Crippen molar-refractivity contribution < 1.29 is 42.4 Å². The zero-order chi connectivity index (χ0) is 40.1. The van der Waals surface area contributed by atoms with Gasteiger partial charge in [0, 0.05) is 43.5 Å². The van der Waals surface area contributed by atoms with Gasteiger partial charge in [0.25, 0.3) is 17.3 Å². The minimum Gasteiger partial charge on any atom is -0.493 e. The van der Waals surface area contributed by atoms with Crippen molar-refractivity contribution in [3.63, 3.8) is 0 Å².